The summed E-state index contributed by atoms with van der Waals surface area (Å²) in [6.07, 6.45) is 3.81. The molecular formula is C26H35NO6S2. The lowest BCUT2D eigenvalue weighted by Gasteiger charge is -2.37. The minimum absolute atomic E-state index is 0.0564. The molecular weight excluding hydrogens is 486 g/mol. The number of hydrogen-bond acceptors (Lipinski definition) is 8. The highest BCUT2D eigenvalue weighted by atomic mass is 32.2. The maximum atomic E-state index is 13.9. The van der Waals surface area contributed by atoms with Crippen LogP contribution in [0.5, 0.6) is 5.75 Å². The van der Waals surface area contributed by atoms with Gasteiger partial charge in [0.1, 0.15) is 12.4 Å². The van der Waals surface area contributed by atoms with Crippen LogP contribution in [-0.4, -0.2) is 57.9 Å². The van der Waals surface area contributed by atoms with Crippen LogP contribution in [-0.2, 0) is 19.4 Å². The summed E-state index contributed by atoms with van der Waals surface area (Å²) in [5.41, 5.74) is 1.17. The molecule has 1 aliphatic heterocycles. The molecule has 3 rings (SSSR count). The van der Waals surface area contributed by atoms with E-state index in [2.05, 4.69) is 23.5 Å². The summed E-state index contributed by atoms with van der Waals surface area (Å²) in [6.45, 7) is 4.45. The fraction of sp³-hybridized carbons (Fsp3) is 0.500. The van der Waals surface area contributed by atoms with E-state index in [-0.39, 0.29) is 17.3 Å². The summed E-state index contributed by atoms with van der Waals surface area (Å²) in [5, 5.41) is 9.97. The molecule has 35 heavy (non-hydrogen) atoms. The largest absolute Gasteiger partial charge is 0.489 e. The van der Waals surface area contributed by atoms with Crippen LogP contribution in [0.15, 0.2) is 52.3 Å². The number of methoxy groups -OCH3 is 1. The topological polar surface area (TPSA) is 93.1 Å². The summed E-state index contributed by atoms with van der Waals surface area (Å²) in [7, 11) is -2.48. The fourth-order valence-corrected chi connectivity index (χ4v) is 7.57. The van der Waals surface area contributed by atoms with E-state index in [0.29, 0.717) is 18.0 Å². The second kappa shape index (κ2) is 11.7. The van der Waals surface area contributed by atoms with Crippen molar-refractivity contribution in [1.29, 1.82) is 0 Å². The Balaban J connectivity index is 2.17. The van der Waals surface area contributed by atoms with E-state index < -0.39 is 27.3 Å². The standard InChI is InChI=1S/C26H35NO6S2/c1-5-12-26(13-6-2)17-27(19-10-8-7-9-11-19)20-14-23(34-4)22(15-24(20)35(30,31)18-26)33-16-21(28)25(29)32-3/h7-11,14-15,21,28H,5-6,12-13,16-18H2,1-4H3. The van der Waals surface area contributed by atoms with Gasteiger partial charge in [-0.15, -0.1) is 11.8 Å². The number of carbonyl (C=O) groups excluding carboxylic acids is 1. The molecule has 1 atom stereocenters. The number of aliphatic hydroxyl groups excluding tert-OH is 1. The lowest BCUT2D eigenvalue weighted by molar-refractivity contribution is -0.151. The summed E-state index contributed by atoms with van der Waals surface area (Å²) in [6, 6.07) is 13.2. The predicted octanol–water partition coefficient (Wildman–Crippen LogP) is 4.83. The molecule has 7 nitrogen and oxygen atoms in total. The number of fused-ring (bicyclic) bond motifs is 1. The third kappa shape index (κ3) is 6.13. The van der Waals surface area contributed by atoms with Gasteiger partial charge in [0.15, 0.2) is 15.9 Å². The molecule has 0 saturated carbocycles. The van der Waals surface area contributed by atoms with Crippen LogP contribution in [0.25, 0.3) is 0 Å². The van der Waals surface area contributed by atoms with Crippen LogP contribution in [0, 0.1) is 5.41 Å². The molecule has 0 fully saturated rings. The summed E-state index contributed by atoms with van der Waals surface area (Å²) >= 11 is 1.41. The maximum Gasteiger partial charge on any atom is 0.338 e. The molecule has 192 valence electrons. The van der Waals surface area contributed by atoms with Crippen molar-refractivity contribution in [3.8, 4) is 5.75 Å². The van der Waals surface area contributed by atoms with Crippen molar-refractivity contribution in [1.82, 2.24) is 0 Å². The first-order valence-corrected chi connectivity index (χ1v) is 14.7. The first kappa shape index (κ1) is 27.4. The average molecular weight is 522 g/mol. The molecule has 2 aromatic carbocycles. The summed E-state index contributed by atoms with van der Waals surface area (Å²) in [5.74, 6) is -0.438. The predicted molar refractivity (Wildman–Crippen MR) is 139 cm³/mol. The minimum Gasteiger partial charge on any atom is -0.489 e. The van der Waals surface area contributed by atoms with E-state index >= 15 is 0 Å². The molecule has 1 heterocycles. The molecule has 1 unspecified atom stereocenters. The van der Waals surface area contributed by atoms with E-state index in [0.717, 1.165) is 36.3 Å². The summed E-state index contributed by atoms with van der Waals surface area (Å²) in [4.78, 5) is 14.6. The Kier molecular flexibility index (Phi) is 9.12. The van der Waals surface area contributed by atoms with E-state index in [4.69, 9.17) is 4.74 Å². The van der Waals surface area contributed by atoms with Crippen molar-refractivity contribution < 1.29 is 27.8 Å². The zero-order valence-electron chi connectivity index (χ0n) is 20.8. The van der Waals surface area contributed by atoms with Gasteiger partial charge in [0.2, 0.25) is 0 Å². The van der Waals surface area contributed by atoms with Gasteiger partial charge >= 0.3 is 5.97 Å². The molecule has 1 N–H and O–H groups in total. The number of sulfone groups is 1. The van der Waals surface area contributed by atoms with Gasteiger partial charge in [-0.05, 0) is 37.3 Å². The molecule has 1 aliphatic rings. The van der Waals surface area contributed by atoms with Crippen LogP contribution in [0.3, 0.4) is 0 Å². The number of hydrogen-bond donors (Lipinski definition) is 1. The Hall–Kier alpha value is -2.23. The van der Waals surface area contributed by atoms with Gasteiger partial charge in [0.25, 0.3) is 0 Å². The Morgan fingerprint density at radius 1 is 1.17 bits per heavy atom. The molecule has 0 bridgehead atoms. The third-order valence-corrected chi connectivity index (χ3v) is 9.11. The second-order valence-electron chi connectivity index (χ2n) is 9.00. The molecule has 0 aromatic heterocycles. The van der Waals surface area contributed by atoms with Gasteiger partial charge in [-0.25, -0.2) is 13.2 Å². The number of ether oxygens (including phenoxy) is 2. The monoisotopic (exact) mass is 521 g/mol. The van der Waals surface area contributed by atoms with Gasteiger partial charge in [0, 0.05) is 23.7 Å². The Morgan fingerprint density at radius 3 is 2.40 bits per heavy atom. The minimum atomic E-state index is -3.66. The summed E-state index contributed by atoms with van der Waals surface area (Å²) < 4.78 is 38.0. The first-order chi connectivity index (χ1) is 16.7. The Morgan fingerprint density at radius 2 is 1.83 bits per heavy atom. The number of nitrogens with zero attached hydrogens (tertiary/aromatic N) is 1. The number of thioether (sulfide) groups is 1. The number of carbonyl (C=O) groups is 1. The Labute approximate surface area is 212 Å². The third-order valence-electron chi connectivity index (χ3n) is 6.36. The molecule has 0 amide bonds. The lowest BCUT2D eigenvalue weighted by Crippen LogP contribution is -2.38. The number of para-hydroxylation sites is 1. The van der Waals surface area contributed by atoms with Crippen molar-refractivity contribution in [2.75, 3.05) is 37.2 Å². The van der Waals surface area contributed by atoms with Gasteiger partial charge < -0.3 is 19.5 Å². The maximum absolute atomic E-state index is 13.9. The zero-order chi connectivity index (χ0) is 25.6. The van der Waals surface area contributed by atoms with Crippen LogP contribution in [0.4, 0.5) is 11.4 Å². The van der Waals surface area contributed by atoms with Crippen molar-refractivity contribution in [2.24, 2.45) is 5.41 Å². The average Bonchev–Trinajstić information content (AvgIpc) is 2.94. The molecule has 9 heteroatoms. The van der Waals surface area contributed by atoms with Gasteiger partial charge in [-0.2, -0.15) is 0 Å². The van der Waals surface area contributed by atoms with E-state index in [1.165, 1.54) is 18.9 Å². The van der Waals surface area contributed by atoms with Gasteiger partial charge in [-0.1, -0.05) is 44.9 Å². The van der Waals surface area contributed by atoms with Crippen LogP contribution < -0.4 is 9.64 Å². The number of benzene rings is 2. The molecule has 0 aliphatic carbocycles. The van der Waals surface area contributed by atoms with E-state index in [9.17, 15) is 18.3 Å². The van der Waals surface area contributed by atoms with Gasteiger partial charge in [-0.3, -0.25) is 0 Å². The van der Waals surface area contributed by atoms with Gasteiger partial charge in [0.05, 0.1) is 28.3 Å². The lowest BCUT2D eigenvalue weighted by atomic mass is 9.80. The van der Waals surface area contributed by atoms with Crippen LogP contribution in [0.2, 0.25) is 0 Å². The zero-order valence-corrected chi connectivity index (χ0v) is 22.5. The van der Waals surface area contributed by atoms with Crippen molar-refractivity contribution in [2.45, 2.75) is 55.4 Å². The smallest absolute Gasteiger partial charge is 0.338 e. The number of rotatable bonds is 10. The normalized spacial score (nSPS) is 17.2. The molecule has 0 radical (unpaired) electrons. The molecule has 0 spiro atoms. The number of anilines is 2. The Bertz CT molecular complexity index is 1110. The first-order valence-electron chi connectivity index (χ1n) is 11.9. The highest BCUT2D eigenvalue weighted by molar-refractivity contribution is 7.98. The molecule has 0 saturated heterocycles. The van der Waals surface area contributed by atoms with Crippen LogP contribution in [0.1, 0.15) is 39.5 Å². The number of esters is 1. The van der Waals surface area contributed by atoms with Crippen molar-refractivity contribution >= 4 is 38.9 Å². The second-order valence-corrected chi connectivity index (χ2v) is 11.8. The fourth-order valence-electron chi connectivity index (χ4n) is 4.91. The van der Waals surface area contributed by atoms with Crippen molar-refractivity contribution in [3.05, 3.63) is 42.5 Å². The highest BCUT2D eigenvalue weighted by Gasteiger charge is 2.42. The SMILES string of the molecule is CCCC1(CCC)CN(c2ccccc2)c2cc(SC)c(OCC(O)C(=O)OC)cc2S(=O)(=O)C1. The van der Waals surface area contributed by atoms with Crippen molar-refractivity contribution in [3.63, 3.8) is 0 Å². The van der Waals surface area contributed by atoms with Crippen LogP contribution >= 0.6 is 11.8 Å². The van der Waals surface area contributed by atoms with E-state index in [1.54, 1.807) is 6.07 Å². The number of aliphatic hydroxyl groups is 1. The quantitative estimate of drug-likeness (QED) is 0.351. The van der Waals surface area contributed by atoms with E-state index in [1.807, 2.05) is 42.7 Å². The highest BCUT2D eigenvalue weighted by Crippen LogP contribution is 2.47. The molecule has 2 aromatic rings.